The number of nitro benzene ring substituents is 1. The summed E-state index contributed by atoms with van der Waals surface area (Å²) in [5.74, 6) is 0. The third-order valence-corrected chi connectivity index (χ3v) is 5.07. The lowest BCUT2D eigenvalue weighted by Gasteiger charge is -2.33. The van der Waals surface area contributed by atoms with E-state index in [9.17, 15) is 10.1 Å². The molecule has 6 heteroatoms. The van der Waals surface area contributed by atoms with E-state index in [-0.39, 0.29) is 10.6 Å². The van der Waals surface area contributed by atoms with E-state index in [1.165, 1.54) is 22.4 Å². The third kappa shape index (κ3) is 4.18. The van der Waals surface area contributed by atoms with Gasteiger partial charge in [-0.2, -0.15) is 5.10 Å². The highest BCUT2D eigenvalue weighted by Gasteiger charge is 2.16. The van der Waals surface area contributed by atoms with Crippen molar-refractivity contribution in [1.29, 1.82) is 0 Å². The summed E-state index contributed by atoms with van der Waals surface area (Å²) >= 11 is 0. The van der Waals surface area contributed by atoms with Crippen LogP contribution in [0.4, 0.5) is 5.69 Å². The van der Waals surface area contributed by atoms with Crippen molar-refractivity contribution in [3.05, 3.63) is 88.0 Å². The number of fused-ring (bicyclic) bond motifs is 1. The van der Waals surface area contributed by atoms with Gasteiger partial charge in [-0.3, -0.25) is 20.0 Å². The van der Waals surface area contributed by atoms with E-state index in [0.717, 1.165) is 38.3 Å². The summed E-state index contributed by atoms with van der Waals surface area (Å²) in [6, 6.07) is 21.5. The van der Waals surface area contributed by atoms with Gasteiger partial charge in [0, 0.05) is 50.4 Å². The number of piperazine rings is 1. The van der Waals surface area contributed by atoms with Gasteiger partial charge in [0.15, 0.2) is 0 Å². The first-order chi connectivity index (χ1) is 13.7. The van der Waals surface area contributed by atoms with Crippen molar-refractivity contribution in [3.8, 4) is 0 Å². The Morgan fingerprint density at radius 1 is 0.964 bits per heavy atom. The van der Waals surface area contributed by atoms with Crippen LogP contribution in [0, 0.1) is 10.1 Å². The third-order valence-electron chi connectivity index (χ3n) is 5.07. The van der Waals surface area contributed by atoms with Crippen molar-refractivity contribution < 1.29 is 4.92 Å². The molecular formula is C22H22N4O2. The zero-order valence-electron chi connectivity index (χ0n) is 15.6. The highest BCUT2D eigenvalue weighted by atomic mass is 16.6. The van der Waals surface area contributed by atoms with Gasteiger partial charge in [0.2, 0.25) is 0 Å². The van der Waals surface area contributed by atoms with Crippen molar-refractivity contribution in [2.24, 2.45) is 5.10 Å². The second-order valence-electron chi connectivity index (χ2n) is 6.96. The van der Waals surface area contributed by atoms with Crippen LogP contribution in [0.15, 0.2) is 71.8 Å². The van der Waals surface area contributed by atoms with Crippen molar-refractivity contribution in [1.82, 2.24) is 9.91 Å². The molecule has 0 N–H and O–H groups in total. The number of nitro groups is 1. The first-order valence-corrected chi connectivity index (χ1v) is 9.41. The Hall–Kier alpha value is -3.25. The van der Waals surface area contributed by atoms with Crippen LogP contribution in [-0.2, 0) is 6.54 Å². The standard InChI is InChI=1S/C22H22N4O2/c27-26(28)21-9-3-5-18(15-21)16-23-25-13-11-24(12-14-25)17-20-8-4-7-19-6-1-2-10-22(19)20/h1-10,15-16H,11-14,17H2/b23-16+. The van der Waals surface area contributed by atoms with Crippen molar-refractivity contribution >= 4 is 22.7 Å². The van der Waals surface area contributed by atoms with Gasteiger partial charge in [-0.05, 0) is 16.3 Å². The predicted octanol–water partition coefficient (Wildman–Crippen LogP) is 3.90. The number of hydrogen-bond donors (Lipinski definition) is 0. The van der Waals surface area contributed by atoms with E-state index in [0.29, 0.717) is 0 Å². The van der Waals surface area contributed by atoms with Gasteiger partial charge in [0.1, 0.15) is 0 Å². The Balaban J connectivity index is 1.36. The Morgan fingerprint density at radius 2 is 1.71 bits per heavy atom. The maximum Gasteiger partial charge on any atom is 0.270 e. The SMILES string of the molecule is O=[N+]([O-])c1cccc(/C=N/N2CCN(Cc3cccc4ccccc34)CC2)c1. The molecule has 0 bridgehead atoms. The molecule has 0 aliphatic carbocycles. The average molecular weight is 374 g/mol. The summed E-state index contributed by atoms with van der Waals surface area (Å²) in [6.45, 7) is 4.50. The molecule has 28 heavy (non-hydrogen) atoms. The molecule has 0 unspecified atom stereocenters. The molecule has 1 saturated heterocycles. The van der Waals surface area contributed by atoms with E-state index in [1.54, 1.807) is 18.3 Å². The summed E-state index contributed by atoms with van der Waals surface area (Å²) < 4.78 is 0. The van der Waals surface area contributed by atoms with Crippen LogP contribution in [0.2, 0.25) is 0 Å². The van der Waals surface area contributed by atoms with Gasteiger partial charge in [-0.25, -0.2) is 0 Å². The second kappa shape index (κ2) is 8.19. The quantitative estimate of drug-likeness (QED) is 0.386. The molecule has 0 saturated carbocycles. The lowest BCUT2D eigenvalue weighted by molar-refractivity contribution is -0.384. The number of hydrogen-bond acceptors (Lipinski definition) is 5. The van der Waals surface area contributed by atoms with Crippen LogP contribution in [0.5, 0.6) is 0 Å². The largest absolute Gasteiger partial charge is 0.295 e. The lowest BCUT2D eigenvalue weighted by atomic mass is 10.0. The molecule has 1 heterocycles. The van der Waals surface area contributed by atoms with E-state index in [4.69, 9.17) is 0 Å². The minimum absolute atomic E-state index is 0.0869. The molecule has 1 aliphatic rings. The topological polar surface area (TPSA) is 62.0 Å². The number of nitrogens with zero attached hydrogens (tertiary/aromatic N) is 4. The molecule has 0 amide bonds. The number of rotatable bonds is 5. The van der Waals surface area contributed by atoms with Crippen LogP contribution in [0.1, 0.15) is 11.1 Å². The molecule has 3 aromatic carbocycles. The normalized spacial score (nSPS) is 15.4. The van der Waals surface area contributed by atoms with Crippen LogP contribution in [-0.4, -0.2) is 47.2 Å². The number of hydrazone groups is 1. The molecule has 6 nitrogen and oxygen atoms in total. The van der Waals surface area contributed by atoms with E-state index in [2.05, 4.69) is 52.5 Å². The highest BCUT2D eigenvalue weighted by molar-refractivity contribution is 5.85. The zero-order chi connectivity index (χ0) is 19.3. The zero-order valence-corrected chi connectivity index (χ0v) is 15.6. The fourth-order valence-corrected chi connectivity index (χ4v) is 3.55. The van der Waals surface area contributed by atoms with Gasteiger partial charge in [0.25, 0.3) is 5.69 Å². The molecular weight excluding hydrogens is 352 g/mol. The maximum atomic E-state index is 10.9. The smallest absolute Gasteiger partial charge is 0.270 e. The monoisotopic (exact) mass is 374 g/mol. The first-order valence-electron chi connectivity index (χ1n) is 9.41. The van der Waals surface area contributed by atoms with E-state index in [1.807, 2.05) is 11.1 Å². The predicted molar refractivity (Wildman–Crippen MR) is 111 cm³/mol. The summed E-state index contributed by atoms with van der Waals surface area (Å²) in [6.07, 6.45) is 1.70. The number of non-ortho nitro benzene ring substituents is 1. The summed E-state index contributed by atoms with van der Waals surface area (Å²) in [5.41, 5.74) is 2.18. The highest BCUT2D eigenvalue weighted by Crippen LogP contribution is 2.20. The molecule has 4 rings (SSSR count). The van der Waals surface area contributed by atoms with Gasteiger partial charge in [0.05, 0.1) is 11.1 Å². The Morgan fingerprint density at radius 3 is 2.54 bits per heavy atom. The molecule has 0 aromatic heterocycles. The summed E-state index contributed by atoms with van der Waals surface area (Å²) in [4.78, 5) is 12.9. The molecule has 0 spiro atoms. The lowest BCUT2D eigenvalue weighted by Crippen LogP contribution is -2.43. The second-order valence-corrected chi connectivity index (χ2v) is 6.96. The Bertz CT molecular complexity index is 1000. The Kier molecular flexibility index (Phi) is 5.30. The summed E-state index contributed by atoms with van der Waals surface area (Å²) in [5, 5.41) is 20.0. The average Bonchev–Trinajstić information content (AvgIpc) is 2.74. The van der Waals surface area contributed by atoms with Crippen LogP contribution in [0.3, 0.4) is 0 Å². The van der Waals surface area contributed by atoms with Gasteiger partial charge >= 0.3 is 0 Å². The van der Waals surface area contributed by atoms with E-state index < -0.39 is 0 Å². The molecule has 3 aromatic rings. The van der Waals surface area contributed by atoms with Crippen LogP contribution in [0.25, 0.3) is 10.8 Å². The fraction of sp³-hybridized carbons (Fsp3) is 0.227. The van der Waals surface area contributed by atoms with Gasteiger partial charge in [-0.15, -0.1) is 0 Å². The Labute approximate surface area is 163 Å². The van der Waals surface area contributed by atoms with Gasteiger partial charge in [-0.1, -0.05) is 54.6 Å². The van der Waals surface area contributed by atoms with Crippen molar-refractivity contribution in [2.45, 2.75) is 6.54 Å². The fourth-order valence-electron chi connectivity index (χ4n) is 3.55. The van der Waals surface area contributed by atoms with Crippen LogP contribution < -0.4 is 0 Å². The molecule has 1 aliphatic heterocycles. The van der Waals surface area contributed by atoms with E-state index >= 15 is 0 Å². The molecule has 0 atom stereocenters. The summed E-state index contributed by atoms with van der Waals surface area (Å²) in [7, 11) is 0. The first kappa shape index (κ1) is 18.1. The minimum atomic E-state index is -0.386. The van der Waals surface area contributed by atoms with Gasteiger partial charge < -0.3 is 0 Å². The van der Waals surface area contributed by atoms with Crippen molar-refractivity contribution in [2.75, 3.05) is 26.2 Å². The van der Waals surface area contributed by atoms with Crippen molar-refractivity contribution in [3.63, 3.8) is 0 Å². The maximum absolute atomic E-state index is 10.9. The number of benzene rings is 3. The molecule has 142 valence electrons. The molecule has 1 fully saturated rings. The minimum Gasteiger partial charge on any atom is -0.295 e. The molecule has 0 radical (unpaired) electrons. The van der Waals surface area contributed by atoms with Crippen LogP contribution >= 0.6 is 0 Å².